The van der Waals surface area contributed by atoms with E-state index in [9.17, 15) is 27.6 Å². The van der Waals surface area contributed by atoms with Gasteiger partial charge in [-0.3, -0.25) is 19.3 Å². The van der Waals surface area contributed by atoms with Crippen LogP contribution in [0.5, 0.6) is 0 Å². The minimum atomic E-state index is -4.41. The fourth-order valence-electron chi connectivity index (χ4n) is 3.07. The standard InChI is InChI=1S/C21H19F3N2O3/c1-13(15-6-8-17(9-7-15)21(22,23)24)25-20(29)16-4-2-14(3-5-16)12-26-18(27)10-11-19(26)28/h2-9,13H,10-12H2,1H3,(H,25,29). The van der Waals surface area contributed by atoms with Gasteiger partial charge in [-0.2, -0.15) is 13.2 Å². The molecular weight excluding hydrogens is 385 g/mol. The van der Waals surface area contributed by atoms with E-state index in [1.54, 1.807) is 31.2 Å². The van der Waals surface area contributed by atoms with Crippen molar-refractivity contribution in [2.45, 2.75) is 38.5 Å². The zero-order valence-electron chi connectivity index (χ0n) is 15.6. The SMILES string of the molecule is CC(NC(=O)c1ccc(CN2C(=O)CCC2=O)cc1)c1ccc(C(F)(F)F)cc1. The van der Waals surface area contributed by atoms with Crippen molar-refractivity contribution in [2.75, 3.05) is 0 Å². The van der Waals surface area contributed by atoms with Gasteiger partial charge in [0.15, 0.2) is 0 Å². The molecule has 3 amide bonds. The third-order valence-corrected chi connectivity index (χ3v) is 4.80. The molecule has 1 unspecified atom stereocenters. The number of nitrogens with zero attached hydrogens (tertiary/aromatic N) is 1. The molecule has 1 fully saturated rings. The van der Waals surface area contributed by atoms with Crippen molar-refractivity contribution in [1.82, 2.24) is 10.2 Å². The summed E-state index contributed by atoms with van der Waals surface area (Å²) >= 11 is 0. The Labute approximate surface area is 165 Å². The molecule has 1 atom stereocenters. The molecule has 2 aromatic carbocycles. The second kappa shape index (κ2) is 8.06. The maximum Gasteiger partial charge on any atom is 0.416 e. The fraction of sp³-hybridized carbons (Fsp3) is 0.286. The first-order chi connectivity index (χ1) is 13.6. The topological polar surface area (TPSA) is 66.5 Å². The lowest BCUT2D eigenvalue weighted by Crippen LogP contribution is -2.28. The van der Waals surface area contributed by atoms with Crippen molar-refractivity contribution in [3.8, 4) is 0 Å². The second-order valence-corrected chi connectivity index (χ2v) is 6.89. The Morgan fingerprint density at radius 3 is 2.07 bits per heavy atom. The van der Waals surface area contributed by atoms with Gasteiger partial charge >= 0.3 is 6.18 Å². The quantitative estimate of drug-likeness (QED) is 0.770. The van der Waals surface area contributed by atoms with Crippen molar-refractivity contribution >= 4 is 17.7 Å². The van der Waals surface area contributed by atoms with Crippen molar-refractivity contribution in [3.63, 3.8) is 0 Å². The lowest BCUT2D eigenvalue weighted by molar-refractivity contribution is -0.139. The summed E-state index contributed by atoms with van der Waals surface area (Å²) < 4.78 is 37.9. The second-order valence-electron chi connectivity index (χ2n) is 6.89. The predicted molar refractivity (Wildman–Crippen MR) is 98.6 cm³/mol. The van der Waals surface area contributed by atoms with Gasteiger partial charge in [-0.1, -0.05) is 24.3 Å². The number of hydrogen-bond donors (Lipinski definition) is 1. The molecule has 2 aromatic rings. The van der Waals surface area contributed by atoms with Crippen LogP contribution < -0.4 is 5.32 Å². The van der Waals surface area contributed by atoms with E-state index in [0.29, 0.717) is 11.1 Å². The molecule has 152 valence electrons. The van der Waals surface area contributed by atoms with E-state index in [-0.39, 0.29) is 37.1 Å². The Hall–Kier alpha value is -3.16. The normalized spacial score (nSPS) is 15.5. The van der Waals surface area contributed by atoms with Crippen molar-refractivity contribution in [3.05, 3.63) is 70.8 Å². The van der Waals surface area contributed by atoms with Crippen LogP contribution in [0.2, 0.25) is 0 Å². The molecule has 0 radical (unpaired) electrons. The molecule has 1 N–H and O–H groups in total. The van der Waals surface area contributed by atoms with E-state index in [1.807, 2.05) is 0 Å². The molecule has 0 saturated carbocycles. The Balaban J connectivity index is 1.61. The highest BCUT2D eigenvalue weighted by Gasteiger charge is 2.30. The number of halogens is 3. The Morgan fingerprint density at radius 2 is 1.55 bits per heavy atom. The molecule has 1 heterocycles. The van der Waals surface area contributed by atoms with Crippen molar-refractivity contribution in [2.24, 2.45) is 0 Å². The summed E-state index contributed by atoms with van der Waals surface area (Å²) in [5.74, 6) is -0.790. The number of hydrogen-bond acceptors (Lipinski definition) is 3. The third kappa shape index (κ3) is 4.82. The molecule has 29 heavy (non-hydrogen) atoms. The third-order valence-electron chi connectivity index (χ3n) is 4.80. The number of likely N-dealkylation sites (tertiary alicyclic amines) is 1. The van der Waals surface area contributed by atoms with E-state index in [2.05, 4.69) is 5.32 Å². The summed E-state index contributed by atoms with van der Waals surface area (Å²) in [4.78, 5) is 37.0. The van der Waals surface area contributed by atoms with Crippen LogP contribution in [-0.4, -0.2) is 22.6 Å². The molecule has 0 aliphatic carbocycles. The van der Waals surface area contributed by atoms with Gasteiger partial charge in [0.05, 0.1) is 18.2 Å². The molecule has 3 rings (SSSR count). The summed E-state index contributed by atoms with van der Waals surface area (Å²) in [6.07, 6.45) is -3.96. The monoisotopic (exact) mass is 404 g/mol. The van der Waals surface area contributed by atoms with Gasteiger partial charge < -0.3 is 5.32 Å². The predicted octanol–water partition coefficient (Wildman–Crippen LogP) is 3.85. The summed E-state index contributed by atoms with van der Waals surface area (Å²) in [6.45, 7) is 1.85. The Bertz CT molecular complexity index is 906. The zero-order chi connectivity index (χ0) is 21.2. The average molecular weight is 404 g/mol. The summed E-state index contributed by atoms with van der Waals surface area (Å²) in [6, 6.07) is 10.6. The largest absolute Gasteiger partial charge is 0.416 e. The molecule has 1 aliphatic heterocycles. The Morgan fingerprint density at radius 1 is 1.00 bits per heavy atom. The van der Waals surface area contributed by atoms with Crippen LogP contribution in [0.1, 0.15) is 52.9 Å². The van der Waals surface area contributed by atoms with Gasteiger partial charge in [0.2, 0.25) is 11.8 Å². The summed E-state index contributed by atoms with van der Waals surface area (Å²) in [7, 11) is 0. The van der Waals surface area contributed by atoms with Crippen LogP contribution in [0.15, 0.2) is 48.5 Å². The van der Waals surface area contributed by atoms with Crippen LogP contribution in [0.4, 0.5) is 13.2 Å². The van der Waals surface area contributed by atoms with Crippen LogP contribution in [-0.2, 0) is 22.3 Å². The van der Waals surface area contributed by atoms with Gasteiger partial charge in [-0.25, -0.2) is 0 Å². The minimum absolute atomic E-state index is 0.168. The highest BCUT2D eigenvalue weighted by molar-refractivity contribution is 6.01. The lowest BCUT2D eigenvalue weighted by Gasteiger charge is -2.16. The first-order valence-corrected chi connectivity index (χ1v) is 9.05. The first kappa shape index (κ1) is 20.6. The molecule has 0 spiro atoms. The van der Waals surface area contributed by atoms with E-state index in [4.69, 9.17) is 0 Å². The Kier molecular flexibility index (Phi) is 5.72. The number of rotatable bonds is 5. The van der Waals surface area contributed by atoms with E-state index in [0.717, 1.165) is 17.7 Å². The molecular formula is C21H19F3N2O3. The van der Waals surface area contributed by atoms with Gasteiger partial charge in [0.1, 0.15) is 0 Å². The number of carbonyl (C=O) groups excluding carboxylic acids is 3. The van der Waals surface area contributed by atoms with Crippen molar-refractivity contribution in [1.29, 1.82) is 0 Å². The molecule has 5 nitrogen and oxygen atoms in total. The van der Waals surface area contributed by atoms with E-state index in [1.165, 1.54) is 17.0 Å². The molecule has 1 aliphatic rings. The van der Waals surface area contributed by atoms with Crippen LogP contribution in [0, 0.1) is 0 Å². The number of alkyl halides is 3. The van der Waals surface area contributed by atoms with Gasteiger partial charge in [0.25, 0.3) is 5.91 Å². The van der Waals surface area contributed by atoms with Crippen LogP contribution >= 0.6 is 0 Å². The highest BCUT2D eigenvalue weighted by Crippen LogP contribution is 2.30. The summed E-state index contributed by atoms with van der Waals surface area (Å²) in [5, 5.41) is 2.74. The molecule has 0 aromatic heterocycles. The van der Waals surface area contributed by atoms with Gasteiger partial charge in [0, 0.05) is 18.4 Å². The molecule has 0 bridgehead atoms. The lowest BCUT2D eigenvalue weighted by atomic mass is 10.0. The maximum atomic E-state index is 12.6. The minimum Gasteiger partial charge on any atom is -0.346 e. The van der Waals surface area contributed by atoms with Crippen molar-refractivity contribution < 1.29 is 27.6 Å². The van der Waals surface area contributed by atoms with Crippen LogP contribution in [0.25, 0.3) is 0 Å². The maximum absolute atomic E-state index is 12.6. The van der Waals surface area contributed by atoms with E-state index < -0.39 is 17.8 Å². The van der Waals surface area contributed by atoms with Crippen LogP contribution in [0.3, 0.4) is 0 Å². The number of imide groups is 1. The highest BCUT2D eigenvalue weighted by atomic mass is 19.4. The first-order valence-electron chi connectivity index (χ1n) is 9.05. The number of amides is 3. The fourth-order valence-corrected chi connectivity index (χ4v) is 3.07. The smallest absolute Gasteiger partial charge is 0.346 e. The summed E-state index contributed by atoms with van der Waals surface area (Å²) in [5.41, 5.74) is 0.895. The van der Waals surface area contributed by atoms with Gasteiger partial charge in [-0.15, -0.1) is 0 Å². The number of benzene rings is 2. The molecule has 8 heteroatoms. The van der Waals surface area contributed by atoms with Gasteiger partial charge in [-0.05, 0) is 42.3 Å². The average Bonchev–Trinajstić information content (AvgIpc) is 3.00. The number of nitrogens with one attached hydrogen (secondary N) is 1. The van der Waals surface area contributed by atoms with E-state index >= 15 is 0 Å². The number of carbonyl (C=O) groups is 3. The zero-order valence-corrected chi connectivity index (χ0v) is 15.6. The molecule has 1 saturated heterocycles.